The van der Waals surface area contributed by atoms with Gasteiger partial charge in [-0.15, -0.1) is 5.10 Å². The molecule has 1 amide bonds. The predicted octanol–water partition coefficient (Wildman–Crippen LogP) is 1.55. The van der Waals surface area contributed by atoms with Gasteiger partial charge in [-0.05, 0) is 25.5 Å². The van der Waals surface area contributed by atoms with Gasteiger partial charge in [0.2, 0.25) is 5.95 Å². The number of fused-ring (bicyclic) bond motifs is 1. The Labute approximate surface area is 115 Å². The van der Waals surface area contributed by atoms with E-state index in [0.29, 0.717) is 11.3 Å². The van der Waals surface area contributed by atoms with Gasteiger partial charge in [-0.2, -0.15) is 18.2 Å². The first-order chi connectivity index (χ1) is 9.61. The van der Waals surface area contributed by atoms with Crippen LogP contribution in [0.4, 0.5) is 19.1 Å². The molecule has 0 spiro atoms. The van der Waals surface area contributed by atoms with Crippen molar-refractivity contribution in [2.75, 3.05) is 5.32 Å². The molecule has 0 fully saturated rings. The van der Waals surface area contributed by atoms with Crippen LogP contribution in [0, 0.1) is 13.8 Å². The largest absolute Gasteiger partial charge is 0.478 e. The van der Waals surface area contributed by atoms with Gasteiger partial charge >= 0.3 is 18.1 Å². The molecule has 0 bridgehead atoms. The molecule has 0 saturated carbocycles. The minimum absolute atomic E-state index is 0.141. The maximum atomic E-state index is 12.2. The monoisotopic (exact) mass is 302 g/mol. The standard InChI is InChI=1S/C11H9F3N4O3/c1-4-3-5(2)18-7(6(4)8(19)20)15-10(17-18)16-9(21)11(12,13)14/h3H,1-2H3,(H,19,20)(H,16,17,21). The zero-order valence-electron chi connectivity index (χ0n) is 10.8. The number of pyridine rings is 1. The number of aryl methyl sites for hydroxylation is 2. The summed E-state index contributed by atoms with van der Waals surface area (Å²) in [5.74, 6) is -4.14. The summed E-state index contributed by atoms with van der Waals surface area (Å²) in [7, 11) is 0. The number of carbonyl (C=O) groups is 2. The lowest BCUT2D eigenvalue weighted by atomic mass is 10.1. The van der Waals surface area contributed by atoms with Crippen LogP contribution in [-0.4, -0.2) is 37.8 Å². The summed E-state index contributed by atoms with van der Waals surface area (Å²) in [5.41, 5.74) is 0.513. The third-order valence-electron chi connectivity index (χ3n) is 2.68. The third kappa shape index (κ3) is 2.64. The van der Waals surface area contributed by atoms with Gasteiger partial charge in [-0.1, -0.05) is 0 Å². The van der Waals surface area contributed by atoms with Crippen LogP contribution in [-0.2, 0) is 4.79 Å². The lowest BCUT2D eigenvalue weighted by Crippen LogP contribution is -2.30. The molecule has 2 aromatic heterocycles. The molecule has 2 heterocycles. The number of hydrogen-bond acceptors (Lipinski definition) is 4. The molecule has 21 heavy (non-hydrogen) atoms. The Morgan fingerprint density at radius 2 is 1.95 bits per heavy atom. The fourth-order valence-electron chi connectivity index (χ4n) is 1.83. The molecule has 7 nitrogen and oxygen atoms in total. The third-order valence-corrected chi connectivity index (χ3v) is 2.68. The van der Waals surface area contributed by atoms with Crippen molar-refractivity contribution in [1.82, 2.24) is 14.6 Å². The molecule has 0 aliphatic heterocycles. The fourth-order valence-corrected chi connectivity index (χ4v) is 1.83. The van der Waals surface area contributed by atoms with Gasteiger partial charge in [0.05, 0.1) is 0 Å². The Hall–Kier alpha value is -2.65. The number of amides is 1. The second-order valence-electron chi connectivity index (χ2n) is 4.27. The van der Waals surface area contributed by atoms with Gasteiger partial charge < -0.3 is 5.11 Å². The molecule has 112 valence electrons. The quantitative estimate of drug-likeness (QED) is 0.877. The van der Waals surface area contributed by atoms with Crippen molar-refractivity contribution < 1.29 is 27.9 Å². The van der Waals surface area contributed by atoms with E-state index in [2.05, 4.69) is 10.1 Å². The molecule has 2 aromatic rings. The number of aromatic carboxylic acids is 1. The second-order valence-corrected chi connectivity index (χ2v) is 4.27. The van der Waals surface area contributed by atoms with Gasteiger partial charge in [-0.3, -0.25) is 10.1 Å². The molecular formula is C11H9F3N4O3. The highest BCUT2D eigenvalue weighted by Gasteiger charge is 2.39. The van der Waals surface area contributed by atoms with Gasteiger partial charge in [0.25, 0.3) is 0 Å². The van der Waals surface area contributed by atoms with E-state index in [1.165, 1.54) is 18.3 Å². The van der Waals surface area contributed by atoms with E-state index in [9.17, 15) is 22.8 Å². The van der Waals surface area contributed by atoms with Gasteiger partial charge in [0, 0.05) is 5.69 Å². The summed E-state index contributed by atoms with van der Waals surface area (Å²) in [6.45, 7) is 3.11. The smallest absolute Gasteiger partial charge is 0.471 e. The molecule has 0 unspecified atom stereocenters. The average Bonchev–Trinajstić information content (AvgIpc) is 2.70. The summed E-state index contributed by atoms with van der Waals surface area (Å²) < 4.78 is 37.6. The van der Waals surface area contributed by atoms with Gasteiger partial charge in [0.15, 0.2) is 5.65 Å². The Bertz CT molecular complexity index is 751. The van der Waals surface area contributed by atoms with Crippen molar-refractivity contribution in [3.8, 4) is 0 Å². The van der Waals surface area contributed by atoms with Crippen molar-refractivity contribution in [3.63, 3.8) is 0 Å². The molecule has 0 aliphatic carbocycles. The first-order valence-corrected chi connectivity index (χ1v) is 5.59. The molecule has 2 N–H and O–H groups in total. The SMILES string of the molecule is Cc1cc(C)n2nc(NC(=O)C(F)(F)F)nc2c1C(=O)O. The van der Waals surface area contributed by atoms with E-state index >= 15 is 0 Å². The van der Waals surface area contributed by atoms with E-state index in [1.807, 2.05) is 0 Å². The van der Waals surface area contributed by atoms with Crippen LogP contribution in [0.15, 0.2) is 6.07 Å². The Balaban J connectivity index is 2.56. The first kappa shape index (κ1) is 14.8. The number of halogens is 3. The lowest BCUT2D eigenvalue weighted by Gasteiger charge is -2.04. The molecule has 2 rings (SSSR count). The van der Waals surface area contributed by atoms with Crippen LogP contribution in [0.25, 0.3) is 5.65 Å². The number of aromatic nitrogens is 3. The normalized spacial score (nSPS) is 11.7. The van der Waals surface area contributed by atoms with Crippen LogP contribution in [0.2, 0.25) is 0 Å². The number of carbonyl (C=O) groups excluding carboxylic acids is 1. The van der Waals surface area contributed by atoms with E-state index < -0.39 is 24.0 Å². The van der Waals surface area contributed by atoms with Crippen LogP contribution in [0.5, 0.6) is 0 Å². The molecular weight excluding hydrogens is 293 g/mol. The highest BCUT2D eigenvalue weighted by atomic mass is 19.4. The predicted molar refractivity (Wildman–Crippen MR) is 64.1 cm³/mol. The number of anilines is 1. The number of alkyl halides is 3. The van der Waals surface area contributed by atoms with E-state index in [0.717, 1.165) is 4.52 Å². The Kier molecular flexibility index (Phi) is 3.32. The number of nitrogens with one attached hydrogen (secondary N) is 1. The number of nitrogens with zero attached hydrogens (tertiary/aromatic N) is 3. The van der Waals surface area contributed by atoms with E-state index in [-0.39, 0.29) is 11.2 Å². The summed E-state index contributed by atoms with van der Waals surface area (Å²) in [6.07, 6.45) is -5.09. The van der Waals surface area contributed by atoms with Crippen molar-refractivity contribution in [1.29, 1.82) is 0 Å². The van der Waals surface area contributed by atoms with Crippen LogP contribution in [0.1, 0.15) is 21.6 Å². The summed E-state index contributed by atoms with van der Waals surface area (Å²) in [5, 5.41) is 14.3. The minimum atomic E-state index is -5.09. The highest BCUT2D eigenvalue weighted by Crippen LogP contribution is 2.20. The Morgan fingerprint density at radius 1 is 1.33 bits per heavy atom. The number of carboxylic acids is 1. The van der Waals surface area contributed by atoms with Crippen LogP contribution < -0.4 is 5.32 Å². The minimum Gasteiger partial charge on any atom is -0.478 e. The summed E-state index contributed by atoms with van der Waals surface area (Å²) in [6, 6.07) is 1.50. The average molecular weight is 302 g/mol. The zero-order chi connectivity index (χ0) is 15.9. The summed E-state index contributed by atoms with van der Waals surface area (Å²) >= 11 is 0. The second kappa shape index (κ2) is 4.72. The van der Waals surface area contributed by atoms with E-state index in [4.69, 9.17) is 5.11 Å². The van der Waals surface area contributed by atoms with Crippen molar-refractivity contribution in [2.24, 2.45) is 0 Å². The number of rotatable bonds is 2. The molecule has 0 saturated heterocycles. The maximum Gasteiger partial charge on any atom is 0.471 e. The van der Waals surface area contributed by atoms with Crippen molar-refractivity contribution in [2.45, 2.75) is 20.0 Å². The highest BCUT2D eigenvalue weighted by molar-refractivity contribution is 5.97. The zero-order valence-corrected chi connectivity index (χ0v) is 10.8. The maximum absolute atomic E-state index is 12.2. The van der Waals surface area contributed by atoms with Gasteiger partial charge in [0.1, 0.15) is 5.56 Å². The Morgan fingerprint density at radius 3 is 2.48 bits per heavy atom. The van der Waals surface area contributed by atoms with E-state index in [1.54, 1.807) is 6.92 Å². The molecule has 0 atom stereocenters. The number of carboxylic acid groups (broad SMARTS) is 1. The van der Waals surface area contributed by atoms with Crippen molar-refractivity contribution >= 4 is 23.5 Å². The lowest BCUT2D eigenvalue weighted by molar-refractivity contribution is -0.167. The molecule has 10 heteroatoms. The summed E-state index contributed by atoms with van der Waals surface area (Å²) in [4.78, 5) is 25.7. The van der Waals surface area contributed by atoms with Gasteiger partial charge in [-0.25, -0.2) is 9.31 Å². The van der Waals surface area contributed by atoms with Crippen LogP contribution >= 0.6 is 0 Å². The molecule has 0 aliphatic rings. The molecule has 0 radical (unpaired) electrons. The molecule has 0 aromatic carbocycles. The van der Waals surface area contributed by atoms with Crippen molar-refractivity contribution in [3.05, 3.63) is 22.9 Å². The van der Waals surface area contributed by atoms with Crippen LogP contribution in [0.3, 0.4) is 0 Å². The topological polar surface area (TPSA) is 96.6 Å². The fraction of sp³-hybridized carbons (Fsp3) is 0.273. The first-order valence-electron chi connectivity index (χ1n) is 5.59. The number of hydrogen-bond donors (Lipinski definition) is 2.